The van der Waals surface area contributed by atoms with E-state index in [0.29, 0.717) is 18.4 Å². The predicted octanol–water partition coefficient (Wildman–Crippen LogP) is 8.21. The first-order valence-corrected chi connectivity index (χ1v) is 22.4. The summed E-state index contributed by atoms with van der Waals surface area (Å²) in [6.45, 7) is 16.9. The third-order valence-corrected chi connectivity index (χ3v) is 18.2. The maximum atomic E-state index is 13.6. The van der Waals surface area contributed by atoms with Crippen LogP contribution in [0.25, 0.3) is 0 Å². The van der Waals surface area contributed by atoms with Crippen LogP contribution in [0.3, 0.4) is 0 Å². The van der Waals surface area contributed by atoms with Crippen LogP contribution in [0, 0.1) is 17.3 Å². The van der Waals surface area contributed by atoms with Crippen LogP contribution in [-0.4, -0.2) is 88.3 Å². The van der Waals surface area contributed by atoms with Crippen molar-refractivity contribution >= 4 is 14.6 Å². The highest BCUT2D eigenvalue weighted by molar-refractivity contribution is 6.74. The van der Waals surface area contributed by atoms with Crippen molar-refractivity contribution in [2.75, 3.05) is 40.0 Å². The molecule has 270 valence electrons. The molecular formula is C40H66N2O5Si. The van der Waals surface area contributed by atoms with Crippen molar-refractivity contribution in [2.45, 2.75) is 153 Å². The van der Waals surface area contributed by atoms with Gasteiger partial charge >= 0.3 is 0 Å². The standard InChI is InChI=1S/C40H66N2O5Si/c1-38(2,3)48(5,6)47-25-15-16-36-42-27-32-26-39(30-46-36)22-13-11-9-7-8-10-12-14-23-41-24-21-34(32)40(42,37(39)41)35(28-43)45-29-31-17-19-33(44-4)20-18-31/h17-20,28,32,34-37H,7-16,21-27,29-30H2,1-6H3/t32-,34+,35+,36-,37-,39-,40+/m0/s1. The van der Waals surface area contributed by atoms with E-state index in [0.717, 1.165) is 63.4 Å². The van der Waals surface area contributed by atoms with Crippen LogP contribution in [-0.2, 0) is 25.3 Å². The highest BCUT2D eigenvalue weighted by atomic mass is 28.4. The Labute approximate surface area is 292 Å². The molecule has 0 amide bonds. The van der Waals surface area contributed by atoms with Gasteiger partial charge in [0.2, 0.25) is 0 Å². The quantitative estimate of drug-likeness (QED) is 0.132. The summed E-state index contributed by atoms with van der Waals surface area (Å²) >= 11 is 0. The van der Waals surface area contributed by atoms with E-state index in [-0.39, 0.29) is 28.3 Å². The molecule has 7 nitrogen and oxygen atoms in total. The van der Waals surface area contributed by atoms with Crippen LogP contribution in [0.5, 0.6) is 5.75 Å². The van der Waals surface area contributed by atoms with E-state index < -0.39 is 14.4 Å². The first kappa shape index (κ1) is 36.5. The topological polar surface area (TPSA) is 60.5 Å². The van der Waals surface area contributed by atoms with Crippen molar-refractivity contribution < 1.29 is 23.4 Å². The van der Waals surface area contributed by atoms with Crippen molar-refractivity contribution in [3.8, 4) is 5.75 Å². The highest BCUT2D eigenvalue weighted by Gasteiger charge is 2.75. The van der Waals surface area contributed by atoms with Gasteiger partial charge in [0.15, 0.2) is 14.6 Å². The van der Waals surface area contributed by atoms with Gasteiger partial charge in [0, 0.05) is 24.6 Å². The van der Waals surface area contributed by atoms with Gasteiger partial charge in [0.25, 0.3) is 0 Å². The van der Waals surface area contributed by atoms with Gasteiger partial charge < -0.3 is 23.4 Å². The summed E-state index contributed by atoms with van der Waals surface area (Å²) in [5.41, 5.74) is 0.742. The van der Waals surface area contributed by atoms with Crippen LogP contribution >= 0.6 is 0 Å². The summed E-state index contributed by atoms with van der Waals surface area (Å²) in [5, 5.41) is 0.198. The molecule has 1 aromatic carbocycles. The molecule has 5 aliphatic rings. The average Bonchev–Trinajstić information content (AvgIpc) is 3.26. The molecule has 48 heavy (non-hydrogen) atoms. The van der Waals surface area contributed by atoms with Crippen molar-refractivity contribution in [1.29, 1.82) is 0 Å². The van der Waals surface area contributed by atoms with E-state index in [1.54, 1.807) is 7.11 Å². The van der Waals surface area contributed by atoms with Gasteiger partial charge in [0.05, 0.1) is 25.9 Å². The molecule has 0 radical (unpaired) electrons. The smallest absolute Gasteiger partial charge is 0.191 e. The molecule has 0 N–H and O–H groups in total. The average molecular weight is 683 g/mol. The zero-order valence-electron chi connectivity index (χ0n) is 31.1. The summed E-state index contributed by atoms with van der Waals surface area (Å²) < 4.78 is 26.2. The van der Waals surface area contributed by atoms with E-state index in [4.69, 9.17) is 18.6 Å². The number of hydrogen-bond donors (Lipinski definition) is 0. The minimum atomic E-state index is -1.82. The Hall–Kier alpha value is -1.29. The van der Waals surface area contributed by atoms with E-state index in [1.165, 1.54) is 70.5 Å². The number of nitrogens with zero attached hydrogens (tertiary/aromatic N) is 2. The fourth-order valence-corrected chi connectivity index (χ4v) is 11.5. The minimum Gasteiger partial charge on any atom is -0.497 e. The summed E-state index contributed by atoms with van der Waals surface area (Å²) in [7, 11) is -0.128. The monoisotopic (exact) mass is 682 g/mol. The number of aldehydes is 1. The van der Waals surface area contributed by atoms with Crippen LogP contribution < -0.4 is 4.74 Å². The van der Waals surface area contributed by atoms with E-state index in [9.17, 15) is 4.79 Å². The zero-order valence-corrected chi connectivity index (χ0v) is 32.1. The Morgan fingerprint density at radius 1 is 1.02 bits per heavy atom. The van der Waals surface area contributed by atoms with Crippen LogP contribution in [0.4, 0.5) is 0 Å². The Morgan fingerprint density at radius 2 is 1.73 bits per heavy atom. The summed E-state index contributed by atoms with van der Waals surface area (Å²) in [5.74, 6) is 1.87. The second kappa shape index (κ2) is 15.1. The molecule has 1 aromatic rings. The molecule has 4 heterocycles. The predicted molar refractivity (Wildman–Crippen MR) is 195 cm³/mol. The molecule has 7 atom stereocenters. The zero-order chi connectivity index (χ0) is 34.0. The molecule has 1 saturated carbocycles. The van der Waals surface area contributed by atoms with Crippen molar-refractivity contribution in [1.82, 2.24) is 9.80 Å². The lowest BCUT2D eigenvalue weighted by Gasteiger charge is -2.64. The number of ether oxygens (including phenoxy) is 3. The van der Waals surface area contributed by atoms with Gasteiger partial charge in [-0.15, -0.1) is 0 Å². The maximum Gasteiger partial charge on any atom is 0.191 e. The fraction of sp³-hybridized carbons (Fsp3) is 0.825. The Bertz CT molecular complexity index is 1210. The van der Waals surface area contributed by atoms with Crippen molar-refractivity contribution in [3.05, 3.63) is 29.8 Å². The lowest BCUT2D eigenvalue weighted by atomic mass is 9.51. The van der Waals surface area contributed by atoms with Crippen LogP contribution in [0.2, 0.25) is 18.1 Å². The molecule has 5 bridgehead atoms. The lowest BCUT2D eigenvalue weighted by Crippen LogP contribution is -2.77. The van der Waals surface area contributed by atoms with Gasteiger partial charge in [0.1, 0.15) is 18.1 Å². The lowest BCUT2D eigenvalue weighted by molar-refractivity contribution is -0.187. The summed E-state index contributed by atoms with van der Waals surface area (Å²) in [6.07, 6.45) is 16.6. The Morgan fingerprint density at radius 3 is 2.42 bits per heavy atom. The van der Waals surface area contributed by atoms with Crippen LogP contribution in [0.1, 0.15) is 110 Å². The van der Waals surface area contributed by atoms with Gasteiger partial charge in [-0.1, -0.05) is 77.8 Å². The number of carbonyl (C=O) groups is 1. The first-order valence-electron chi connectivity index (χ1n) is 19.5. The molecule has 0 unspecified atom stereocenters. The number of rotatable bonds is 11. The number of hydrogen-bond acceptors (Lipinski definition) is 7. The molecule has 5 fully saturated rings. The Balaban J connectivity index is 1.34. The normalized spacial score (nSPS) is 34.0. The molecule has 6 rings (SSSR count). The molecule has 4 saturated heterocycles. The van der Waals surface area contributed by atoms with Gasteiger partial charge in [-0.3, -0.25) is 9.80 Å². The third-order valence-electron chi connectivity index (χ3n) is 13.7. The fourth-order valence-electron chi connectivity index (χ4n) is 10.4. The van der Waals surface area contributed by atoms with Gasteiger partial charge in [-0.2, -0.15) is 0 Å². The number of benzene rings is 1. The highest BCUT2D eigenvalue weighted by Crippen LogP contribution is 2.65. The summed E-state index contributed by atoms with van der Waals surface area (Å²) in [6, 6.07) is 8.38. The first-order chi connectivity index (χ1) is 23.1. The van der Waals surface area contributed by atoms with E-state index in [2.05, 4.69) is 55.8 Å². The second-order valence-corrected chi connectivity index (χ2v) is 22.3. The molecule has 1 aliphatic carbocycles. The van der Waals surface area contributed by atoms with E-state index in [1.807, 2.05) is 12.1 Å². The number of piperidine rings is 1. The van der Waals surface area contributed by atoms with Crippen molar-refractivity contribution in [2.24, 2.45) is 17.3 Å². The van der Waals surface area contributed by atoms with Gasteiger partial charge in [-0.05, 0) is 99.3 Å². The summed E-state index contributed by atoms with van der Waals surface area (Å²) in [4.78, 5) is 19.2. The number of methoxy groups -OCH3 is 1. The second-order valence-electron chi connectivity index (χ2n) is 17.5. The van der Waals surface area contributed by atoms with Gasteiger partial charge in [-0.25, -0.2) is 0 Å². The number of carbonyl (C=O) groups excluding carboxylic acids is 1. The molecule has 0 spiro atoms. The minimum absolute atomic E-state index is 0.0175. The maximum absolute atomic E-state index is 13.6. The molecular weight excluding hydrogens is 617 g/mol. The third kappa shape index (κ3) is 6.97. The van der Waals surface area contributed by atoms with Crippen LogP contribution in [0.15, 0.2) is 24.3 Å². The van der Waals surface area contributed by atoms with E-state index >= 15 is 0 Å². The largest absolute Gasteiger partial charge is 0.497 e. The molecule has 4 aliphatic heterocycles. The molecule has 8 heteroatoms. The SMILES string of the molecule is COc1ccc(CO[C@H](C=O)[C@@]23[C@@H]4CCN5CCCCCCCCCC[C@]6(CO[C@@H](CCCO[Si](C)(C)C(C)(C)C)N2C[C@@H]4C6)[C@H]53)cc1. The van der Waals surface area contributed by atoms with Crippen molar-refractivity contribution in [3.63, 3.8) is 0 Å². The molecule has 0 aromatic heterocycles. The Kier molecular flexibility index (Phi) is 11.5.